The highest BCUT2D eigenvalue weighted by atomic mass is 32.2. The van der Waals surface area contributed by atoms with E-state index in [4.69, 9.17) is 5.73 Å². The van der Waals surface area contributed by atoms with Gasteiger partial charge in [-0.1, -0.05) is 6.08 Å². The monoisotopic (exact) mass is 200 g/mol. The number of thioether (sulfide) groups is 1. The van der Waals surface area contributed by atoms with Crippen molar-refractivity contribution in [3.05, 3.63) is 12.7 Å². The zero-order chi connectivity index (χ0) is 9.52. The molecule has 0 aromatic rings. The van der Waals surface area contributed by atoms with E-state index in [0.717, 1.165) is 5.75 Å². The number of nitrogens with zero attached hydrogens (tertiary/aromatic N) is 1. The first-order valence-corrected chi connectivity index (χ1v) is 6.15. The molecule has 3 heteroatoms. The molecule has 2 N–H and O–H groups in total. The van der Waals surface area contributed by atoms with E-state index in [0.29, 0.717) is 6.04 Å². The van der Waals surface area contributed by atoms with Gasteiger partial charge < -0.3 is 10.6 Å². The summed E-state index contributed by atoms with van der Waals surface area (Å²) in [6.45, 7) is 7.30. The van der Waals surface area contributed by atoms with Gasteiger partial charge in [0.05, 0.1) is 0 Å². The second-order valence-electron chi connectivity index (χ2n) is 3.54. The van der Waals surface area contributed by atoms with Gasteiger partial charge in [-0.25, -0.2) is 0 Å². The van der Waals surface area contributed by atoms with E-state index in [2.05, 4.69) is 11.5 Å². The largest absolute Gasteiger partial charge is 0.328 e. The number of hydrogen-bond donors (Lipinski definition) is 1. The molecule has 1 aliphatic heterocycles. The number of likely N-dealkylation sites (tertiary alicyclic amines) is 1. The number of piperidine rings is 1. The summed E-state index contributed by atoms with van der Waals surface area (Å²) < 4.78 is 0. The zero-order valence-electron chi connectivity index (χ0n) is 8.24. The third-order valence-corrected chi connectivity index (χ3v) is 3.36. The van der Waals surface area contributed by atoms with Gasteiger partial charge in [-0.15, -0.1) is 6.58 Å². The number of nitrogens with two attached hydrogens (primary N) is 1. The Hall–Kier alpha value is 0.01000. The Kier molecular flexibility index (Phi) is 5.51. The number of rotatable bonds is 5. The van der Waals surface area contributed by atoms with Crippen LogP contribution in [-0.4, -0.2) is 42.1 Å². The highest BCUT2D eigenvalue weighted by Gasteiger charge is 2.14. The molecule has 1 heterocycles. The van der Waals surface area contributed by atoms with E-state index in [9.17, 15) is 0 Å². The van der Waals surface area contributed by atoms with Gasteiger partial charge in [0.2, 0.25) is 0 Å². The van der Waals surface area contributed by atoms with Gasteiger partial charge >= 0.3 is 0 Å². The molecule has 0 radical (unpaired) electrons. The molecule has 0 aliphatic carbocycles. The molecule has 0 amide bonds. The van der Waals surface area contributed by atoms with Gasteiger partial charge in [-0.2, -0.15) is 11.8 Å². The van der Waals surface area contributed by atoms with Crippen molar-refractivity contribution in [3.63, 3.8) is 0 Å². The lowest BCUT2D eigenvalue weighted by Crippen LogP contribution is -2.40. The molecule has 1 saturated heterocycles. The molecule has 1 rings (SSSR count). The maximum absolute atomic E-state index is 5.83. The molecule has 0 spiro atoms. The molecule has 13 heavy (non-hydrogen) atoms. The van der Waals surface area contributed by atoms with E-state index >= 15 is 0 Å². The highest BCUT2D eigenvalue weighted by molar-refractivity contribution is 7.99. The first kappa shape index (κ1) is 11.1. The van der Waals surface area contributed by atoms with Gasteiger partial charge in [0, 0.05) is 24.1 Å². The van der Waals surface area contributed by atoms with Gasteiger partial charge in [-0.3, -0.25) is 0 Å². The Morgan fingerprint density at radius 1 is 1.46 bits per heavy atom. The predicted octanol–water partition coefficient (Wildman–Crippen LogP) is 1.33. The fraction of sp³-hybridized carbons (Fsp3) is 0.800. The molecule has 0 aromatic heterocycles. The normalized spacial score (nSPS) is 20.4. The van der Waals surface area contributed by atoms with Crippen LogP contribution in [-0.2, 0) is 0 Å². The van der Waals surface area contributed by atoms with Crippen molar-refractivity contribution >= 4 is 11.8 Å². The van der Waals surface area contributed by atoms with Crippen LogP contribution < -0.4 is 5.73 Å². The van der Waals surface area contributed by atoms with Crippen LogP contribution in [0.25, 0.3) is 0 Å². The van der Waals surface area contributed by atoms with Crippen molar-refractivity contribution in [1.82, 2.24) is 4.90 Å². The third-order valence-electron chi connectivity index (χ3n) is 2.42. The van der Waals surface area contributed by atoms with Crippen LogP contribution in [0.5, 0.6) is 0 Å². The molecule has 0 unspecified atom stereocenters. The average molecular weight is 200 g/mol. The molecule has 0 aromatic carbocycles. The summed E-state index contributed by atoms with van der Waals surface area (Å²) in [5.41, 5.74) is 5.83. The second-order valence-corrected chi connectivity index (χ2v) is 4.69. The summed E-state index contributed by atoms with van der Waals surface area (Å²) in [5, 5.41) is 0. The van der Waals surface area contributed by atoms with Gasteiger partial charge in [0.15, 0.2) is 0 Å². The maximum Gasteiger partial charge on any atom is 0.0111 e. The van der Waals surface area contributed by atoms with Crippen molar-refractivity contribution in [3.8, 4) is 0 Å². The van der Waals surface area contributed by atoms with E-state index in [1.807, 2.05) is 17.8 Å². The van der Waals surface area contributed by atoms with Crippen LogP contribution in [0.4, 0.5) is 0 Å². The Balaban J connectivity index is 1.99. The van der Waals surface area contributed by atoms with Crippen LogP contribution in [0, 0.1) is 0 Å². The van der Waals surface area contributed by atoms with Crippen molar-refractivity contribution in [1.29, 1.82) is 0 Å². The standard InChI is InChI=1S/C10H20N2S/c1-2-8-13-9-7-12-5-3-10(11)4-6-12/h2,10H,1,3-9,11H2. The average Bonchev–Trinajstić information content (AvgIpc) is 2.15. The van der Waals surface area contributed by atoms with Gasteiger partial charge in [-0.05, 0) is 25.9 Å². The van der Waals surface area contributed by atoms with Crippen molar-refractivity contribution in [2.45, 2.75) is 18.9 Å². The summed E-state index contributed by atoms with van der Waals surface area (Å²) in [7, 11) is 0. The molecule has 1 aliphatic rings. The van der Waals surface area contributed by atoms with Crippen LogP contribution in [0.1, 0.15) is 12.8 Å². The highest BCUT2D eigenvalue weighted by Crippen LogP contribution is 2.09. The quantitative estimate of drug-likeness (QED) is 0.536. The van der Waals surface area contributed by atoms with Crippen LogP contribution in [0.3, 0.4) is 0 Å². The summed E-state index contributed by atoms with van der Waals surface area (Å²) in [4.78, 5) is 2.51. The summed E-state index contributed by atoms with van der Waals surface area (Å²) in [6.07, 6.45) is 4.31. The predicted molar refractivity (Wildman–Crippen MR) is 61.2 cm³/mol. The Morgan fingerprint density at radius 3 is 2.77 bits per heavy atom. The van der Waals surface area contributed by atoms with Crippen LogP contribution >= 0.6 is 11.8 Å². The summed E-state index contributed by atoms with van der Waals surface area (Å²) >= 11 is 1.96. The Morgan fingerprint density at radius 2 is 2.15 bits per heavy atom. The van der Waals surface area contributed by atoms with Crippen molar-refractivity contribution in [2.75, 3.05) is 31.1 Å². The lowest BCUT2D eigenvalue weighted by Gasteiger charge is -2.29. The summed E-state index contributed by atoms with van der Waals surface area (Å²) in [6, 6.07) is 0.456. The first-order chi connectivity index (χ1) is 6.33. The fourth-order valence-electron chi connectivity index (χ4n) is 1.54. The van der Waals surface area contributed by atoms with Crippen LogP contribution in [0.2, 0.25) is 0 Å². The zero-order valence-corrected chi connectivity index (χ0v) is 9.06. The molecule has 1 fully saturated rings. The lowest BCUT2D eigenvalue weighted by atomic mass is 10.1. The van der Waals surface area contributed by atoms with E-state index in [1.165, 1.54) is 38.2 Å². The van der Waals surface area contributed by atoms with Crippen molar-refractivity contribution < 1.29 is 0 Å². The van der Waals surface area contributed by atoms with Gasteiger partial charge in [0.1, 0.15) is 0 Å². The molecule has 0 atom stereocenters. The fourth-order valence-corrected chi connectivity index (χ4v) is 2.26. The molecule has 0 saturated carbocycles. The van der Waals surface area contributed by atoms with E-state index in [1.54, 1.807) is 0 Å². The first-order valence-electron chi connectivity index (χ1n) is 4.99. The lowest BCUT2D eigenvalue weighted by molar-refractivity contribution is 0.225. The second kappa shape index (κ2) is 6.46. The molecular weight excluding hydrogens is 180 g/mol. The van der Waals surface area contributed by atoms with E-state index < -0.39 is 0 Å². The molecule has 76 valence electrons. The third kappa shape index (κ3) is 4.69. The topological polar surface area (TPSA) is 29.3 Å². The minimum absolute atomic E-state index is 0.456. The van der Waals surface area contributed by atoms with Crippen LogP contribution in [0.15, 0.2) is 12.7 Å². The number of hydrogen-bond acceptors (Lipinski definition) is 3. The molecule has 0 bridgehead atoms. The Labute approximate surface area is 85.6 Å². The minimum atomic E-state index is 0.456. The van der Waals surface area contributed by atoms with Gasteiger partial charge in [0.25, 0.3) is 0 Å². The Bertz CT molecular complexity index is 142. The smallest absolute Gasteiger partial charge is 0.0111 e. The maximum atomic E-state index is 5.83. The SMILES string of the molecule is C=CCSCCN1CCC(N)CC1. The molecular formula is C10H20N2S. The summed E-state index contributed by atoms with van der Waals surface area (Å²) in [5.74, 6) is 2.30. The van der Waals surface area contributed by atoms with E-state index in [-0.39, 0.29) is 0 Å². The molecule has 2 nitrogen and oxygen atoms in total. The van der Waals surface area contributed by atoms with Crippen molar-refractivity contribution in [2.24, 2.45) is 5.73 Å². The minimum Gasteiger partial charge on any atom is -0.328 e.